The summed E-state index contributed by atoms with van der Waals surface area (Å²) in [5, 5.41) is 9.59. The molecule has 0 atom stereocenters. The van der Waals surface area contributed by atoms with Crippen LogP contribution in [0.1, 0.15) is 5.56 Å². The zero-order valence-corrected chi connectivity index (χ0v) is 9.06. The van der Waals surface area contributed by atoms with Gasteiger partial charge in [-0.1, -0.05) is 0 Å². The van der Waals surface area contributed by atoms with E-state index in [0.29, 0.717) is 17.0 Å². The Morgan fingerprint density at radius 1 is 1.12 bits per heavy atom. The highest BCUT2D eigenvalue weighted by molar-refractivity contribution is 5.47. The lowest BCUT2D eigenvalue weighted by Crippen LogP contribution is -1.96. The Labute approximate surface area is 98.3 Å². The summed E-state index contributed by atoms with van der Waals surface area (Å²) >= 11 is 0. The minimum atomic E-state index is -0.312. The van der Waals surface area contributed by atoms with Crippen molar-refractivity contribution in [2.24, 2.45) is 0 Å². The molecule has 17 heavy (non-hydrogen) atoms. The van der Waals surface area contributed by atoms with Gasteiger partial charge in [0.15, 0.2) is 0 Å². The number of benzene rings is 2. The Hall–Kier alpha value is -2.23. The van der Waals surface area contributed by atoms with Crippen molar-refractivity contribution in [2.45, 2.75) is 6.61 Å². The topological polar surface area (TPSA) is 55.5 Å². The van der Waals surface area contributed by atoms with Crippen molar-refractivity contribution >= 4 is 5.69 Å². The molecule has 0 amide bonds. The maximum absolute atomic E-state index is 12.6. The van der Waals surface area contributed by atoms with E-state index in [4.69, 9.17) is 10.5 Å². The minimum absolute atomic E-state index is 0.0899. The Kier molecular flexibility index (Phi) is 3.14. The second kappa shape index (κ2) is 4.74. The molecule has 0 heterocycles. The fourth-order valence-corrected chi connectivity index (χ4v) is 1.39. The lowest BCUT2D eigenvalue weighted by molar-refractivity contribution is 0.299. The van der Waals surface area contributed by atoms with Crippen LogP contribution in [-0.4, -0.2) is 5.11 Å². The molecule has 2 aromatic carbocycles. The first kappa shape index (κ1) is 11.3. The fourth-order valence-electron chi connectivity index (χ4n) is 1.39. The summed E-state index contributed by atoms with van der Waals surface area (Å²) in [5.41, 5.74) is 6.63. The molecule has 0 aliphatic heterocycles. The van der Waals surface area contributed by atoms with Crippen molar-refractivity contribution < 1.29 is 14.2 Å². The maximum atomic E-state index is 12.6. The third kappa shape index (κ3) is 2.87. The SMILES string of the molecule is Nc1ccc(COc2ccc(F)cc2)c(O)c1. The van der Waals surface area contributed by atoms with Gasteiger partial charge in [-0.15, -0.1) is 0 Å². The molecule has 3 nitrogen and oxygen atoms in total. The van der Waals surface area contributed by atoms with Gasteiger partial charge in [-0.25, -0.2) is 4.39 Å². The summed E-state index contributed by atoms with van der Waals surface area (Å²) in [6.07, 6.45) is 0. The number of nitrogen functional groups attached to an aromatic ring is 1. The molecule has 0 aliphatic carbocycles. The zero-order valence-electron chi connectivity index (χ0n) is 9.06. The summed E-state index contributed by atoms with van der Waals surface area (Å²) in [5.74, 6) is 0.322. The number of phenols is 1. The Morgan fingerprint density at radius 3 is 2.47 bits per heavy atom. The average Bonchev–Trinajstić information content (AvgIpc) is 2.30. The molecule has 0 fully saturated rings. The summed E-state index contributed by atoms with van der Waals surface area (Å²) < 4.78 is 18.0. The number of aromatic hydroxyl groups is 1. The molecule has 0 bridgehead atoms. The summed E-state index contributed by atoms with van der Waals surface area (Å²) in [6, 6.07) is 10.5. The molecule has 0 unspecified atom stereocenters. The second-order valence-electron chi connectivity index (χ2n) is 3.63. The van der Waals surface area contributed by atoms with Crippen molar-refractivity contribution in [3.63, 3.8) is 0 Å². The largest absolute Gasteiger partial charge is 0.507 e. The normalized spacial score (nSPS) is 10.2. The zero-order chi connectivity index (χ0) is 12.3. The van der Waals surface area contributed by atoms with Gasteiger partial charge >= 0.3 is 0 Å². The molecular weight excluding hydrogens is 221 g/mol. The summed E-state index contributed by atoms with van der Waals surface area (Å²) in [6.45, 7) is 0.206. The number of rotatable bonds is 3. The number of hydrogen-bond acceptors (Lipinski definition) is 3. The molecule has 0 aromatic heterocycles. The second-order valence-corrected chi connectivity index (χ2v) is 3.63. The first-order valence-corrected chi connectivity index (χ1v) is 5.11. The number of hydrogen-bond donors (Lipinski definition) is 2. The molecule has 2 aromatic rings. The highest BCUT2D eigenvalue weighted by atomic mass is 19.1. The van der Waals surface area contributed by atoms with E-state index in [0.717, 1.165) is 0 Å². The van der Waals surface area contributed by atoms with Gasteiger partial charge in [0.2, 0.25) is 0 Å². The van der Waals surface area contributed by atoms with Crippen LogP contribution < -0.4 is 10.5 Å². The van der Waals surface area contributed by atoms with E-state index in [1.807, 2.05) is 0 Å². The van der Waals surface area contributed by atoms with E-state index in [1.165, 1.54) is 30.3 Å². The van der Waals surface area contributed by atoms with Crippen molar-refractivity contribution in [1.82, 2.24) is 0 Å². The van der Waals surface area contributed by atoms with Crippen molar-refractivity contribution in [1.29, 1.82) is 0 Å². The van der Waals surface area contributed by atoms with E-state index in [1.54, 1.807) is 12.1 Å². The van der Waals surface area contributed by atoms with Crippen molar-refractivity contribution in [3.05, 3.63) is 53.8 Å². The Morgan fingerprint density at radius 2 is 1.82 bits per heavy atom. The van der Waals surface area contributed by atoms with Gasteiger partial charge in [0.1, 0.15) is 23.9 Å². The molecular formula is C13H12FNO2. The lowest BCUT2D eigenvalue weighted by Gasteiger charge is -2.08. The first-order chi connectivity index (χ1) is 8.15. The van der Waals surface area contributed by atoms with Gasteiger partial charge < -0.3 is 15.6 Å². The molecule has 88 valence electrons. The van der Waals surface area contributed by atoms with E-state index < -0.39 is 0 Å². The smallest absolute Gasteiger partial charge is 0.124 e. The van der Waals surface area contributed by atoms with Crippen LogP contribution in [0, 0.1) is 5.82 Å². The molecule has 0 saturated carbocycles. The molecule has 0 spiro atoms. The van der Waals surface area contributed by atoms with E-state index in [2.05, 4.69) is 0 Å². The van der Waals surface area contributed by atoms with Crippen LogP contribution in [0.3, 0.4) is 0 Å². The van der Waals surface area contributed by atoms with Gasteiger partial charge in [0, 0.05) is 17.3 Å². The van der Waals surface area contributed by atoms with Crippen LogP contribution in [0.2, 0.25) is 0 Å². The number of phenolic OH excluding ortho intramolecular Hbond substituents is 1. The van der Waals surface area contributed by atoms with Crippen LogP contribution in [-0.2, 0) is 6.61 Å². The van der Waals surface area contributed by atoms with Crippen molar-refractivity contribution in [3.8, 4) is 11.5 Å². The van der Waals surface area contributed by atoms with E-state index in [-0.39, 0.29) is 18.2 Å². The molecule has 3 N–H and O–H groups in total. The molecule has 0 saturated heterocycles. The van der Waals surface area contributed by atoms with Crippen LogP contribution in [0.4, 0.5) is 10.1 Å². The van der Waals surface area contributed by atoms with Crippen LogP contribution >= 0.6 is 0 Å². The summed E-state index contributed by atoms with van der Waals surface area (Å²) in [4.78, 5) is 0. The quantitative estimate of drug-likeness (QED) is 0.801. The number of halogens is 1. The third-order valence-corrected chi connectivity index (χ3v) is 2.32. The predicted molar refractivity (Wildman–Crippen MR) is 63.3 cm³/mol. The third-order valence-electron chi connectivity index (χ3n) is 2.32. The monoisotopic (exact) mass is 233 g/mol. The van der Waals surface area contributed by atoms with Gasteiger partial charge in [-0.2, -0.15) is 0 Å². The number of nitrogens with two attached hydrogens (primary N) is 1. The average molecular weight is 233 g/mol. The van der Waals surface area contributed by atoms with Crippen LogP contribution in [0.15, 0.2) is 42.5 Å². The highest BCUT2D eigenvalue weighted by Crippen LogP contribution is 2.22. The highest BCUT2D eigenvalue weighted by Gasteiger charge is 2.02. The Balaban J connectivity index is 2.04. The number of ether oxygens (including phenoxy) is 1. The van der Waals surface area contributed by atoms with Gasteiger partial charge in [0.25, 0.3) is 0 Å². The van der Waals surface area contributed by atoms with Crippen LogP contribution in [0.25, 0.3) is 0 Å². The fraction of sp³-hybridized carbons (Fsp3) is 0.0769. The van der Waals surface area contributed by atoms with E-state index in [9.17, 15) is 9.50 Å². The molecule has 0 aliphatic rings. The standard InChI is InChI=1S/C13H12FNO2/c14-10-2-5-12(6-3-10)17-8-9-1-4-11(15)7-13(9)16/h1-7,16H,8,15H2. The first-order valence-electron chi connectivity index (χ1n) is 5.11. The minimum Gasteiger partial charge on any atom is -0.507 e. The molecule has 0 radical (unpaired) electrons. The molecule has 4 heteroatoms. The van der Waals surface area contributed by atoms with E-state index >= 15 is 0 Å². The Bertz CT molecular complexity index is 511. The van der Waals surface area contributed by atoms with Crippen molar-refractivity contribution in [2.75, 3.05) is 5.73 Å². The van der Waals surface area contributed by atoms with Crippen LogP contribution in [0.5, 0.6) is 11.5 Å². The maximum Gasteiger partial charge on any atom is 0.124 e. The van der Waals surface area contributed by atoms with Gasteiger partial charge in [-0.3, -0.25) is 0 Å². The van der Waals surface area contributed by atoms with Gasteiger partial charge in [0.05, 0.1) is 0 Å². The summed E-state index contributed by atoms with van der Waals surface area (Å²) in [7, 11) is 0. The molecule has 2 rings (SSSR count). The lowest BCUT2D eigenvalue weighted by atomic mass is 10.2. The predicted octanol–water partition coefficient (Wildman–Crippen LogP) is 2.69. The number of anilines is 1. The van der Waals surface area contributed by atoms with Gasteiger partial charge in [-0.05, 0) is 36.4 Å².